The van der Waals surface area contributed by atoms with E-state index in [9.17, 15) is 19.2 Å². The third-order valence-corrected chi connectivity index (χ3v) is 10.3. The molecule has 9 nitrogen and oxygen atoms in total. The van der Waals surface area contributed by atoms with Gasteiger partial charge in [0.25, 0.3) is 23.6 Å². The molecule has 1 atom stereocenters. The molecule has 2 aliphatic heterocycles. The zero-order chi connectivity index (χ0) is 36.9. The summed E-state index contributed by atoms with van der Waals surface area (Å²) in [7, 11) is 1.26. The summed E-state index contributed by atoms with van der Waals surface area (Å²) in [5, 5.41) is 8.46. The topological polar surface area (TPSA) is 114 Å². The minimum absolute atomic E-state index is 0.00821. The van der Waals surface area contributed by atoms with Crippen LogP contribution in [0.4, 0.5) is 18.9 Å². The second-order valence-electron chi connectivity index (χ2n) is 13.4. The van der Waals surface area contributed by atoms with Gasteiger partial charge in [-0.3, -0.25) is 24.1 Å². The van der Waals surface area contributed by atoms with Crippen LogP contribution in [0.1, 0.15) is 87.3 Å². The number of hydrogen-bond donors (Lipinski definition) is 0. The quantitative estimate of drug-likeness (QED) is 0.173. The lowest BCUT2D eigenvalue weighted by Gasteiger charge is -2.33. The molecule has 7 rings (SSSR count). The van der Waals surface area contributed by atoms with Crippen LogP contribution >= 0.6 is 0 Å². The molecule has 51 heavy (non-hydrogen) atoms. The van der Waals surface area contributed by atoms with Crippen LogP contribution in [0.2, 0.25) is 0 Å². The van der Waals surface area contributed by atoms with Gasteiger partial charge in [-0.25, -0.2) is 4.90 Å². The molecule has 2 aliphatic rings. The summed E-state index contributed by atoms with van der Waals surface area (Å²) in [6.45, 7) is 10.4. The Balaban J connectivity index is 1.24. The normalized spacial score (nSPS) is 15.5. The number of aromatic nitrogens is 2. The molecule has 0 saturated heterocycles. The van der Waals surface area contributed by atoms with Crippen LogP contribution in [0.25, 0.3) is 22.9 Å². The third kappa shape index (κ3) is 4.91. The molecule has 0 N–H and O–H groups in total. The molecule has 1 aromatic heterocycles. The second kappa shape index (κ2) is 11.3. The summed E-state index contributed by atoms with van der Waals surface area (Å²) >= 11 is 0. The number of rotatable bonds is 5. The van der Waals surface area contributed by atoms with Crippen molar-refractivity contribution in [1.29, 1.82) is 0 Å². The largest absolute Gasteiger partial charge is 0.416 e. The van der Waals surface area contributed by atoms with Gasteiger partial charge in [0, 0.05) is 18.2 Å². The number of benzene rings is 4. The van der Waals surface area contributed by atoms with Gasteiger partial charge in [0.05, 0.1) is 27.9 Å². The maximum atomic E-state index is 15.0. The first-order valence-corrected chi connectivity index (χ1v) is 16.0. The molecule has 0 aliphatic carbocycles. The molecule has 258 valence electrons. The van der Waals surface area contributed by atoms with Crippen molar-refractivity contribution in [2.75, 3.05) is 11.9 Å². The van der Waals surface area contributed by atoms with Crippen LogP contribution in [-0.4, -0.2) is 51.9 Å². The van der Waals surface area contributed by atoms with Crippen molar-refractivity contribution in [2.24, 2.45) is 0 Å². The summed E-state index contributed by atoms with van der Waals surface area (Å²) in [5.41, 5.74) is 2.37. The lowest BCUT2D eigenvalue weighted by atomic mass is 9.74. The molecule has 5 aromatic rings. The monoisotopic (exact) mass is 692 g/mol. The number of anilines is 1. The van der Waals surface area contributed by atoms with Crippen molar-refractivity contribution < 1.29 is 36.8 Å². The van der Waals surface area contributed by atoms with Crippen LogP contribution < -0.4 is 4.90 Å². The Bertz CT molecular complexity index is 2350. The summed E-state index contributed by atoms with van der Waals surface area (Å²) < 4.78 is 51.1. The molecule has 1 unspecified atom stereocenters. The van der Waals surface area contributed by atoms with Crippen molar-refractivity contribution >= 4 is 29.3 Å². The molecule has 0 radical (unpaired) electrons. The van der Waals surface area contributed by atoms with Crippen LogP contribution in [0.15, 0.2) is 65.1 Å². The molecule has 0 bridgehead atoms. The third-order valence-electron chi connectivity index (χ3n) is 10.3. The average Bonchev–Trinajstić information content (AvgIpc) is 3.73. The van der Waals surface area contributed by atoms with Gasteiger partial charge in [-0.1, -0.05) is 12.1 Å². The van der Waals surface area contributed by atoms with Crippen molar-refractivity contribution in [3.8, 4) is 22.9 Å². The first kappa shape index (κ1) is 33.6. The van der Waals surface area contributed by atoms with Crippen molar-refractivity contribution in [2.45, 2.75) is 53.1 Å². The standard InChI is InChI=1S/C39H31F3N4O5/c1-18-12-23(13-19(2)22(18)5)32-43-44-33(51-32)24-14-20(3)31(21(4)15-24)46-36(49)28-11-9-26(17-30(28)37(46)50)38(6,39(40,41)42)25-8-10-27-29(16-25)35(48)45(7)34(27)47/h8-17H,1-7H3. The summed E-state index contributed by atoms with van der Waals surface area (Å²) in [4.78, 5) is 54.5. The zero-order valence-corrected chi connectivity index (χ0v) is 28.7. The highest BCUT2D eigenvalue weighted by Gasteiger charge is 2.55. The van der Waals surface area contributed by atoms with Crippen LogP contribution in [0.5, 0.6) is 0 Å². The van der Waals surface area contributed by atoms with E-state index >= 15 is 13.2 Å². The molecular formula is C39H31F3N4O5. The van der Waals surface area contributed by atoms with Gasteiger partial charge in [-0.2, -0.15) is 13.2 Å². The van der Waals surface area contributed by atoms with Crippen LogP contribution in [-0.2, 0) is 5.41 Å². The van der Waals surface area contributed by atoms with E-state index in [1.807, 2.05) is 32.9 Å². The molecule has 0 fully saturated rings. The first-order chi connectivity index (χ1) is 23.9. The smallest absolute Gasteiger partial charge is 0.402 e. The van der Waals surface area contributed by atoms with E-state index in [2.05, 4.69) is 10.2 Å². The predicted molar refractivity (Wildman–Crippen MR) is 182 cm³/mol. The number of carbonyl (C=O) groups excluding carboxylic acids is 4. The van der Waals surface area contributed by atoms with E-state index in [0.717, 1.165) is 51.6 Å². The predicted octanol–water partition coefficient (Wildman–Crippen LogP) is 7.84. The molecule has 3 heterocycles. The number of halogens is 3. The van der Waals surface area contributed by atoms with E-state index in [1.165, 1.54) is 30.8 Å². The van der Waals surface area contributed by atoms with Gasteiger partial charge in [0.2, 0.25) is 11.8 Å². The highest BCUT2D eigenvalue weighted by Crippen LogP contribution is 2.48. The Morgan fingerprint density at radius 3 is 1.49 bits per heavy atom. The van der Waals surface area contributed by atoms with Crippen molar-refractivity contribution in [3.05, 3.63) is 122 Å². The fourth-order valence-corrected chi connectivity index (χ4v) is 6.97. The van der Waals surface area contributed by atoms with Gasteiger partial charge < -0.3 is 4.42 Å². The van der Waals surface area contributed by atoms with E-state index in [-0.39, 0.29) is 39.3 Å². The molecule has 0 saturated carbocycles. The number of alkyl halides is 3. The molecular weight excluding hydrogens is 661 g/mol. The fraction of sp³-hybridized carbons (Fsp3) is 0.231. The number of imide groups is 2. The van der Waals surface area contributed by atoms with Gasteiger partial charge in [-0.05, 0) is 129 Å². The Morgan fingerprint density at radius 2 is 1.00 bits per heavy atom. The van der Waals surface area contributed by atoms with Crippen molar-refractivity contribution in [1.82, 2.24) is 15.1 Å². The average molecular weight is 693 g/mol. The van der Waals surface area contributed by atoms with E-state index < -0.39 is 35.2 Å². The number of hydrogen-bond acceptors (Lipinski definition) is 7. The van der Waals surface area contributed by atoms with Gasteiger partial charge in [0.1, 0.15) is 5.41 Å². The fourth-order valence-electron chi connectivity index (χ4n) is 6.97. The Hall–Kier alpha value is -5.91. The molecule has 0 spiro atoms. The number of fused-ring (bicyclic) bond motifs is 2. The molecule has 4 aromatic carbocycles. The Kier molecular flexibility index (Phi) is 7.44. The molecule has 4 amide bonds. The van der Waals surface area contributed by atoms with E-state index in [0.29, 0.717) is 28.3 Å². The first-order valence-electron chi connectivity index (χ1n) is 16.0. The van der Waals surface area contributed by atoms with E-state index in [4.69, 9.17) is 4.42 Å². The number of amides is 4. The summed E-state index contributed by atoms with van der Waals surface area (Å²) in [6, 6.07) is 14.3. The highest BCUT2D eigenvalue weighted by atomic mass is 19.4. The van der Waals surface area contributed by atoms with Gasteiger partial charge in [-0.15, -0.1) is 10.2 Å². The second-order valence-corrected chi connectivity index (χ2v) is 13.4. The maximum absolute atomic E-state index is 15.0. The minimum atomic E-state index is -4.90. The summed E-state index contributed by atoms with van der Waals surface area (Å²) in [6.07, 6.45) is -4.90. The van der Waals surface area contributed by atoms with Gasteiger partial charge in [0.15, 0.2) is 0 Å². The molecule has 12 heteroatoms. The SMILES string of the molecule is Cc1cc(-c2nnc(-c3cc(C)c(N4C(=O)c5ccc(C(C)(c6ccc7c(c6)C(=O)N(C)C7=O)C(F)(F)F)cc5C4=O)c(C)c3)o2)cc(C)c1C. The maximum Gasteiger partial charge on any atom is 0.402 e. The summed E-state index contributed by atoms with van der Waals surface area (Å²) in [5.74, 6) is -2.19. The van der Waals surface area contributed by atoms with Gasteiger partial charge >= 0.3 is 6.18 Å². The van der Waals surface area contributed by atoms with Crippen LogP contribution in [0.3, 0.4) is 0 Å². The lowest BCUT2D eigenvalue weighted by molar-refractivity contribution is -0.173. The number of carbonyl (C=O) groups is 4. The van der Waals surface area contributed by atoms with Crippen LogP contribution in [0, 0.1) is 34.6 Å². The Morgan fingerprint density at radius 1 is 0.588 bits per heavy atom. The number of nitrogens with zero attached hydrogens (tertiary/aromatic N) is 4. The lowest BCUT2D eigenvalue weighted by Crippen LogP contribution is -2.41. The highest BCUT2D eigenvalue weighted by molar-refractivity contribution is 6.35. The Labute approximate surface area is 290 Å². The van der Waals surface area contributed by atoms with Crippen molar-refractivity contribution in [3.63, 3.8) is 0 Å². The minimum Gasteiger partial charge on any atom is -0.416 e. The number of aryl methyl sites for hydroxylation is 4. The zero-order valence-electron chi connectivity index (χ0n) is 28.7. The van der Waals surface area contributed by atoms with E-state index in [1.54, 1.807) is 26.0 Å².